The summed E-state index contributed by atoms with van der Waals surface area (Å²) in [5.41, 5.74) is 2.21. The molecule has 140 valence electrons. The highest BCUT2D eigenvalue weighted by molar-refractivity contribution is 5.95. The standard InChI is InChI=1S/C20H24N6O/c1-3-21-19-9-8-18(24-25-19)16-6-4-7-17(14-16)20(27)23-15(2)10-13-26-12-5-11-22-26/h4-9,11-12,14-15H,3,10,13H2,1-2H3,(H,21,25)(H,23,27)/t15-/m0/s1. The number of nitrogens with one attached hydrogen (secondary N) is 2. The van der Waals surface area contributed by atoms with Crippen LogP contribution in [0.25, 0.3) is 11.3 Å². The van der Waals surface area contributed by atoms with Crippen LogP contribution < -0.4 is 10.6 Å². The molecule has 1 atom stereocenters. The summed E-state index contributed by atoms with van der Waals surface area (Å²) in [6.45, 7) is 5.56. The average Bonchev–Trinajstić information content (AvgIpc) is 3.21. The van der Waals surface area contributed by atoms with Gasteiger partial charge in [0.05, 0.1) is 5.69 Å². The Morgan fingerprint density at radius 2 is 2.07 bits per heavy atom. The van der Waals surface area contributed by atoms with E-state index in [9.17, 15) is 4.79 Å². The third-order valence-corrected chi connectivity index (χ3v) is 4.17. The molecule has 7 nitrogen and oxygen atoms in total. The molecule has 3 aromatic rings. The quantitative estimate of drug-likeness (QED) is 0.642. The molecular weight excluding hydrogens is 340 g/mol. The second-order valence-electron chi connectivity index (χ2n) is 6.35. The summed E-state index contributed by atoms with van der Waals surface area (Å²) in [5.74, 6) is 0.642. The first kappa shape index (κ1) is 18.6. The minimum Gasteiger partial charge on any atom is -0.369 e. The average molecular weight is 364 g/mol. The van der Waals surface area contributed by atoms with Gasteiger partial charge in [-0.2, -0.15) is 5.10 Å². The number of carbonyl (C=O) groups excluding carboxylic acids is 1. The molecule has 27 heavy (non-hydrogen) atoms. The predicted molar refractivity (Wildman–Crippen MR) is 105 cm³/mol. The van der Waals surface area contributed by atoms with Crippen molar-refractivity contribution in [3.63, 3.8) is 0 Å². The lowest BCUT2D eigenvalue weighted by Gasteiger charge is -2.14. The van der Waals surface area contributed by atoms with E-state index in [1.165, 1.54) is 0 Å². The number of aromatic nitrogens is 4. The van der Waals surface area contributed by atoms with Gasteiger partial charge in [0, 0.05) is 42.7 Å². The molecule has 0 saturated carbocycles. The second kappa shape index (κ2) is 8.93. The minimum atomic E-state index is -0.0953. The van der Waals surface area contributed by atoms with Crippen molar-refractivity contribution in [2.75, 3.05) is 11.9 Å². The molecule has 7 heteroatoms. The fourth-order valence-corrected chi connectivity index (χ4v) is 2.72. The summed E-state index contributed by atoms with van der Waals surface area (Å²) in [6, 6.07) is 13.1. The van der Waals surface area contributed by atoms with Gasteiger partial charge < -0.3 is 10.6 Å². The molecule has 1 aromatic carbocycles. The first-order valence-electron chi connectivity index (χ1n) is 9.12. The Hall–Kier alpha value is -3.22. The van der Waals surface area contributed by atoms with Gasteiger partial charge in [0.2, 0.25) is 0 Å². The van der Waals surface area contributed by atoms with Crippen LogP contribution in [0.1, 0.15) is 30.6 Å². The van der Waals surface area contributed by atoms with Crippen molar-refractivity contribution in [1.82, 2.24) is 25.3 Å². The summed E-state index contributed by atoms with van der Waals surface area (Å²) in [5, 5.41) is 18.7. The highest BCUT2D eigenvalue weighted by Crippen LogP contribution is 2.18. The van der Waals surface area contributed by atoms with Crippen LogP contribution >= 0.6 is 0 Å². The second-order valence-corrected chi connectivity index (χ2v) is 6.35. The third kappa shape index (κ3) is 5.13. The van der Waals surface area contributed by atoms with Crippen LogP contribution in [0.2, 0.25) is 0 Å². The zero-order chi connectivity index (χ0) is 19.1. The fraction of sp³-hybridized carbons (Fsp3) is 0.300. The van der Waals surface area contributed by atoms with E-state index in [0.29, 0.717) is 5.56 Å². The number of carbonyl (C=O) groups is 1. The van der Waals surface area contributed by atoms with E-state index >= 15 is 0 Å². The van der Waals surface area contributed by atoms with E-state index in [1.807, 2.05) is 61.1 Å². The summed E-state index contributed by atoms with van der Waals surface area (Å²) in [7, 11) is 0. The Morgan fingerprint density at radius 3 is 2.78 bits per heavy atom. The highest BCUT2D eigenvalue weighted by Gasteiger charge is 2.11. The molecule has 0 aliphatic carbocycles. The zero-order valence-corrected chi connectivity index (χ0v) is 15.6. The number of anilines is 1. The summed E-state index contributed by atoms with van der Waals surface area (Å²) < 4.78 is 1.86. The van der Waals surface area contributed by atoms with E-state index in [1.54, 1.807) is 12.3 Å². The smallest absolute Gasteiger partial charge is 0.251 e. The summed E-state index contributed by atoms with van der Waals surface area (Å²) in [6.07, 6.45) is 4.48. The van der Waals surface area contributed by atoms with Crippen molar-refractivity contribution in [2.24, 2.45) is 0 Å². The van der Waals surface area contributed by atoms with Gasteiger partial charge in [0.15, 0.2) is 0 Å². The normalized spacial score (nSPS) is 11.8. The van der Waals surface area contributed by atoms with E-state index in [4.69, 9.17) is 0 Å². The Morgan fingerprint density at radius 1 is 1.19 bits per heavy atom. The topological polar surface area (TPSA) is 84.7 Å². The molecule has 0 aliphatic rings. The maximum atomic E-state index is 12.6. The lowest BCUT2D eigenvalue weighted by Crippen LogP contribution is -2.33. The molecule has 0 saturated heterocycles. The van der Waals surface area contributed by atoms with E-state index < -0.39 is 0 Å². The Kier molecular flexibility index (Phi) is 6.14. The first-order chi connectivity index (χ1) is 13.2. The van der Waals surface area contributed by atoms with Crippen molar-refractivity contribution in [2.45, 2.75) is 32.9 Å². The molecule has 0 unspecified atom stereocenters. The Labute approximate surface area is 158 Å². The lowest BCUT2D eigenvalue weighted by molar-refractivity contribution is 0.0937. The van der Waals surface area contributed by atoms with E-state index in [2.05, 4.69) is 25.9 Å². The van der Waals surface area contributed by atoms with Crippen LogP contribution in [0.5, 0.6) is 0 Å². The monoisotopic (exact) mass is 364 g/mol. The van der Waals surface area contributed by atoms with Gasteiger partial charge in [-0.25, -0.2) is 0 Å². The van der Waals surface area contributed by atoms with Crippen LogP contribution in [0.3, 0.4) is 0 Å². The fourth-order valence-electron chi connectivity index (χ4n) is 2.72. The van der Waals surface area contributed by atoms with Gasteiger partial charge in [0.25, 0.3) is 5.91 Å². The van der Waals surface area contributed by atoms with Crippen LogP contribution in [-0.4, -0.2) is 38.5 Å². The molecule has 2 N–H and O–H groups in total. The molecule has 0 radical (unpaired) electrons. The first-order valence-corrected chi connectivity index (χ1v) is 9.12. The van der Waals surface area contributed by atoms with Crippen molar-refractivity contribution in [1.29, 1.82) is 0 Å². The molecule has 3 rings (SSSR count). The molecule has 2 heterocycles. The zero-order valence-electron chi connectivity index (χ0n) is 15.6. The van der Waals surface area contributed by atoms with Crippen molar-refractivity contribution in [3.8, 4) is 11.3 Å². The van der Waals surface area contributed by atoms with Crippen LogP contribution in [0.4, 0.5) is 5.82 Å². The number of aryl methyl sites for hydroxylation is 1. The third-order valence-electron chi connectivity index (χ3n) is 4.17. The molecular formula is C20H24N6O. The summed E-state index contributed by atoms with van der Waals surface area (Å²) in [4.78, 5) is 12.6. The largest absolute Gasteiger partial charge is 0.369 e. The highest BCUT2D eigenvalue weighted by atomic mass is 16.1. The number of nitrogens with zero attached hydrogens (tertiary/aromatic N) is 4. The van der Waals surface area contributed by atoms with E-state index in [-0.39, 0.29) is 11.9 Å². The molecule has 2 aromatic heterocycles. The van der Waals surface area contributed by atoms with Crippen LogP contribution in [0.15, 0.2) is 54.9 Å². The predicted octanol–water partition coefficient (Wildman–Crippen LogP) is 2.98. The van der Waals surface area contributed by atoms with Gasteiger partial charge >= 0.3 is 0 Å². The van der Waals surface area contributed by atoms with Crippen molar-refractivity contribution in [3.05, 3.63) is 60.4 Å². The van der Waals surface area contributed by atoms with Crippen LogP contribution in [0, 0.1) is 0 Å². The molecule has 0 aliphatic heterocycles. The molecule has 0 spiro atoms. The lowest BCUT2D eigenvalue weighted by atomic mass is 10.1. The Balaban J connectivity index is 1.62. The molecule has 0 fully saturated rings. The number of benzene rings is 1. The summed E-state index contributed by atoms with van der Waals surface area (Å²) >= 11 is 0. The number of amides is 1. The maximum Gasteiger partial charge on any atom is 0.251 e. The minimum absolute atomic E-state index is 0.0459. The van der Waals surface area contributed by atoms with Gasteiger partial charge in [-0.3, -0.25) is 9.48 Å². The number of rotatable bonds is 8. The number of hydrogen-bond acceptors (Lipinski definition) is 5. The van der Waals surface area contributed by atoms with Gasteiger partial charge in [0.1, 0.15) is 5.82 Å². The van der Waals surface area contributed by atoms with Gasteiger partial charge in [-0.15, -0.1) is 10.2 Å². The van der Waals surface area contributed by atoms with Crippen LogP contribution in [-0.2, 0) is 6.54 Å². The molecule has 1 amide bonds. The number of hydrogen-bond donors (Lipinski definition) is 2. The van der Waals surface area contributed by atoms with E-state index in [0.717, 1.165) is 36.6 Å². The van der Waals surface area contributed by atoms with Gasteiger partial charge in [-0.05, 0) is 50.6 Å². The molecule has 0 bridgehead atoms. The SMILES string of the molecule is CCNc1ccc(-c2cccc(C(=O)N[C@@H](C)CCn3cccn3)c2)nn1. The van der Waals surface area contributed by atoms with Crippen molar-refractivity contribution >= 4 is 11.7 Å². The maximum absolute atomic E-state index is 12.6. The Bertz CT molecular complexity index is 860. The van der Waals surface area contributed by atoms with Gasteiger partial charge in [-0.1, -0.05) is 12.1 Å². The van der Waals surface area contributed by atoms with Crippen molar-refractivity contribution < 1.29 is 4.79 Å².